The third-order valence-electron chi connectivity index (χ3n) is 3.68. The average Bonchev–Trinajstić information content (AvgIpc) is 3.16. The Morgan fingerprint density at radius 3 is 2.76 bits per heavy atom. The van der Waals surface area contributed by atoms with Crippen LogP contribution in [0.2, 0.25) is 0 Å². The topological polar surface area (TPSA) is 39.1 Å². The van der Waals surface area contributed by atoms with E-state index in [1.165, 1.54) is 5.56 Å². The Bertz CT molecular complexity index is 751. The van der Waals surface area contributed by atoms with Crippen LogP contribution < -0.4 is 10.1 Å². The van der Waals surface area contributed by atoms with Crippen LogP contribution in [0.25, 0.3) is 5.69 Å². The summed E-state index contributed by atoms with van der Waals surface area (Å²) in [6.45, 7) is 0.626. The van der Waals surface area contributed by atoms with Gasteiger partial charge in [0.1, 0.15) is 12.4 Å². The van der Waals surface area contributed by atoms with Gasteiger partial charge in [-0.05, 0) is 18.2 Å². The highest BCUT2D eigenvalue weighted by molar-refractivity contribution is 5.47. The Labute approximate surface area is 123 Å². The normalized spacial score (nSPS) is 16.3. The summed E-state index contributed by atoms with van der Waals surface area (Å²) in [6.07, 6.45) is 3.76. The molecule has 0 bridgehead atoms. The molecule has 2 aromatic carbocycles. The summed E-state index contributed by atoms with van der Waals surface area (Å²) in [4.78, 5) is 4.43. The summed E-state index contributed by atoms with van der Waals surface area (Å²) in [5.41, 5.74) is 2.27. The van der Waals surface area contributed by atoms with Gasteiger partial charge in [-0.25, -0.2) is 4.98 Å². The molecule has 1 unspecified atom stereocenters. The summed E-state index contributed by atoms with van der Waals surface area (Å²) in [6, 6.07) is 18.4. The van der Waals surface area contributed by atoms with Crippen molar-refractivity contribution in [2.45, 2.75) is 6.04 Å². The first-order chi connectivity index (χ1) is 10.4. The second-order valence-electron chi connectivity index (χ2n) is 5.00. The van der Waals surface area contributed by atoms with Gasteiger partial charge in [0, 0.05) is 23.6 Å². The summed E-state index contributed by atoms with van der Waals surface area (Å²) >= 11 is 0. The molecule has 4 nitrogen and oxygen atoms in total. The van der Waals surface area contributed by atoms with Crippen molar-refractivity contribution in [1.29, 1.82) is 0 Å². The van der Waals surface area contributed by atoms with Crippen molar-refractivity contribution in [3.63, 3.8) is 0 Å². The van der Waals surface area contributed by atoms with Gasteiger partial charge in [0.2, 0.25) is 5.95 Å². The maximum absolute atomic E-state index is 5.71. The zero-order valence-electron chi connectivity index (χ0n) is 11.4. The molecule has 21 heavy (non-hydrogen) atoms. The van der Waals surface area contributed by atoms with Crippen molar-refractivity contribution in [2.24, 2.45) is 0 Å². The van der Waals surface area contributed by atoms with E-state index in [1.54, 1.807) is 6.20 Å². The van der Waals surface area contributed by atoms with Crippen LogP contribution in [0, 0.1) is 0 Å². The molecule has 104 valence electrons. The lowest BCUT2D eigenvalue weighted by atomic mass is 10.1. The van der Waals surface area contributed by atoms with Crippen LogP contribution in [-0.4, -0.2) is 16.2 Å². The first kappa shape index (κ1) is 12.0. The minimum Gasteiger partial charge on any atom is -0.491 e. The number of aromatic nitrogens is 2. The van der Waals surface area contributed by atoms with Crippen molar-refractivity contribution in [3.05, 3.63) is 72.6 Å². The first-order valence-corrected chi connectivity index (χ1v) is 6.99. The Balaban J connectivity index is 1.64. The molecule has 0 amide bonds. The molecule has 0 saturated carbocycles. The summed E-state index contributed by atoms with van der Waals surface area (Å²) < 4.78 is 7.75. The zero-order chi connectivity index (χ0) is 14.1. The predicted octanol–water partition coefficient (Wildman–Crippen LogP) is 3.42. The highest BCUT2D eigenvalue weighted by atomic mass is 16.5. The summed E-state index contributed by atoms with van der Waals surface area (Å²) in [5.74, 6) is 1.78. The van der Waals surface area contributed by atoms with Gasteiger partial charge in [0.25, 0.3) is 0 Å². The Hall–Kier alpha value is -2.75. The fourth-order valence-electron chi connectivity index (χ4n) is 2.65. The molecule has 0 saturated heterocycles. The number of nitrogens with zero attached hydrogens (tertiary/aromatic N) is 2. The SMILES string of the molecule is c1ccc(-n2ccnc2NC2COc3ccccc32)cc1. The third kappa shape index (κ3) is 2.14. The van der Waals surface area contributed by atoms with Crippen LogP contribution in [0.3, 0.4) is 0 Å². The third-order valence-corrected chi connectivity index (χ3v) is 3.68. The molecule has 0 aliphatic carbocycles. The molecule has 1 N–H and O–H groups in total. The Kier molecular flexibility index (Phi) is 2.85. The van der Waals surface area contributed by atoms with Crippen molar-refractivity contribution in [3.8, 4) is 11.4 Å². The van der Waals surface area contributed by atoms with Gasteiger partial charge in [-0.15, -0.1) is 0 Å². The largest absolute Gasteiger partial charge is 0.491 e. The van der Waals surface area contributed by atoms with Gasteiger partial charge in [0.15, 0.2) is 0 Å². The second-order valence-corrected chi connectivity index (χ2v) is 5.00. The van der Waals surface area contributed by atoms with Gasteiger partial charge in [-0.1, -0.05) is 36.4 Å². The molecule has 1 aliphatic heterocycles. The van der Waals surface area contributed by atoms with Crippen LogP contribution in [0.1, 0.15) is 11.6 Å². The van der Waals surface area contributed by atoms with Crippen LogP contribution in [0.15, 0.2) is 67.0 Å². The molecule has 1 atom stereocenters. The predicted molar refractivity (Wildman–Crippen MR) is 81.9 cm³/mol. The molecule has 3 aromatic rings. The van der Waals surface area contributed by atoms with E-state index in [9.17, 15) is 0 Å². The maximum atomic E-state index is 5.71. The number of hydrogen-bond donors (Lipinski definition) is 1. The van der Waals surface area contributed by atoms with E-state index in [1.807, 2.05) is 47.2 Å². The van der Waals surface area contributed by atoms with Gasteiger partial charge in [-0.2, -0.15) is 0 Å². The van der Waals surface area contributed by atoms with E-state index in [0.717, 1.165) is 17.4 Å². The number of nitrogens with one attached hydrogen (secondary N) is 1. The lowest BCUT2D eigenvalue weighted by molar-refractivity contribution is 0.339. The number of ether oxygens (including phenoxy) is 1. The highest BCUT2D eigenvalue weighted by Crippen LogP contribution is 2.34. The molecule has 1 aliphatic rings. The fourth-order valence-corrected chi connectivity index (χ4v) is 2.65. The lowest BCUT2D eigenvalue weighted by Crippen LogP contribution is -2.15. The number of hydrogen-bond acceptors (Lipinski definition) is 3. The van der Waals surface area contributed by atoms with E-state index >= 15 is 0 Å². The van der Waals surface area contributed by atoms with Crippen molar-refractivity contribution < 1.29 is 4.74 Å². The molecule has 0 fully saturated rings. The van der Waals surface area contributed by atoms with Crippen molar-refractivity contribution in [1.82, 2.24) is 9.55 Å². The van der Waals surface area contributed by atoms with Gasteiger partial charge >= 0.3 is 0 Å². The second kappa shape index (κ2) is 4.98. The van der Waals surface area contributed by atoms with E-state index in [-0.39, 0.29) is 6.04 Å². The van der Waals surface area contributed by atoms with E-state index in [0.29, 0.717) is 6.61 Å². The summed E-state index contributed by atoms with van der Waals surface area (Å²) in [5, 5.41) is 3.47. The smallest absolute Gasteiger partial charge is 0.208 e. The minimum atomic E-state index is 0.131. The van der Waals surface area contributed by atoms with Crippen molar-refractivity contribution >= 4 is 5.95 Å². The maximum Gasteiger partial charge on any atom is 0.208 e. The van der Waals surface area contributed by atoms with Gasteiger partial charge in [-0.3, -0.25) is 4.57 Å². The first-order valence-electron chi connectivity index (χ1n) is 6.99. The number of anilines is 1. The number of fused-ring (bicyclic) bond motifs is 1. The van der Waals surface area contributed by atoms with E-state index in [2.05, 4.69) is 28.5 Å². The monoisotopic (exact) mass is 277 g/mol. The highest BCUT2D eigenvalue weighted by Gasteiger charge is 2.24. The minimum absolute atomic E-state index is 0.131. The molecule has 4 heteroatoms. The Morgan fingerprint density at radius 2 is 1.86 bits per heavy atom. The molecule has 1 aromatic heterocycles. The molecule has 2 heterocycles. The zero-order valence-corrected chi connectivity index (χ0v) is 11.4. The summed E-state index contributed by atoms with van der Waals surface area (Å²) in [7, 11) is 0. The van der Waals surface area contributed by atoms with Crippen LogP contribution in [0.5, 0.6) is 5.75 Å². The number of para-hydroxylation sites is 2. The molecule has 0 spiro atoms. The average molecular weight is 277 g/mol. The van der Waals surface area contributed by atoms with Crippen LogP contribution >= 0.6 is 0 Å². The van der Waals surface area contributed by atoms with Crippen molar-refractivity contribution in [2.75, 3.05) is 11.9 Å². The van der Waals surface area contributed by atoms with Gasteiger partial charge < -0.3 is 10.1 Å². The molecule has 0 radical (unpaired) electrons. The van der Waals surface area contributed by atoms with Crippen LogP contribution in [0.4, 0.5) is 5.95 Å². The lowest BCUT2D eigenvalue weighted by Gasteiger charge is -2.14. The number of rotatable bonds is 3. The molecular weight excluding hydrogens is 262 g/mol. The number of benzene rings is 2. The van der Waals surface area contributed by atoms with E-state index < -0.39 is 0 Å². The molecule has 4 rings (SSSR count). The molecular formula is C17H15N3O. The quantitative estimate of drug-likeness (QED) is 0.797. The standard InChI is InChI=1S/C17H15N3O/c1-2-6-13(7-3-1)20-11-10-18-17(20)19-15-12-21-16-9-5-4-8-14(15)16/h1-11,15H,12H2,(H,18,19). The Morgan fingerprint density at radius 1 is 1.05 bits per heavy atom. The van der Waals surface area contributed by atoms with E-state index in [4.69, 9.17) is 4.74 Å². The fraction of sp³-hybridized carbons (Fsp3) is 0.118. The van der Waals surface area contributed by atoms with Crippen LogP contribution in [-0.2, 0) is 0 Å². The van der Waals surface area contributed by atoms with Gasteiger partial charge in [0.05, 0.1) is 6.04 Å². The number of imidazole rings is 1.